The summed E-state index contributed by atoms with van der Waals surface area (Å²) in [6, 6.07) is 8.28. The van der Waals surface area contributed by atoms with E-state index in [9.17, 15) is 0 Å². The first kappa shape index (κ1) is 18.2. The number of nitrogens with one attached hydrogen (secondary N) is 2. The summed E-state index contributed by atoms with van der Waals surface area (Å²) < 4.78 is 0. The number of thiazole rings is 1. The van der Waals surface area contributed by atoms with E-state index >= 15 is 0 Å². The van der Waals surface area contributed by atoms with Crippen LogP contribution in [-0.4, -0.2) is 29.7 Å². The van der Waals surface area contributed by atoms with Crippen molar-refractivity contribution in [1.82, 2.24) is 15.7 Å². The number of hydrogen-bond acceptors (Lipinski definition) is 6. The minimum absolute atomic E-state index is 0.728. The Morgan fingerprint density at radius 3 is 2.85 bits per heavy atom. The Labute approximate surface area is 158 Å². The summed E-state index contributed by atoms with van der Waals surface area (Å²) in [6.45, 7) is 7.79. The number of nitrogens with zero attached hydrogens (tertiary/aromatic N) is 3. The van der Waals surface area contributed by atoms with E-state index in [1.807, 2.05) is 13.8 Å². The van der Waals surface area contributed by atoms with Gasteiger partial charge in [-0.2, -0.15) is 5.10 Å². The van der Waals surface area contributed by atoms with E-state index in [1.54, 1.807) is 11.3 Å². The summed E-state index contributed by atoms with van der Waals surface area (Å²) in [6.07, 6.45) is 2.02. The first-order valence-corrected chi connectivity index (χ1v) is 9.64. The van der Waals surface area contributed by atoms with Gasteiger partial charge in [0.05, 0.1) is 22.8 Å². The van der Waals surface area contributed by atoms with Crippen LogP contribution in [0.2, 0.25) is 0 Å². The molecule has 0 unspecified atom stereocenters. The molecule has 1 aromatic heterocycles. The maximum absolute atomic E-state index is 4.71. The van der Waals surface area contributed by atoms with Crippen LogP contribution in [0.1, 0.15) is 42.8 Å². The van der Waals surface area contributed by atoms with Gasteiger partial charge in [-0.15, -0.1) is 11.3 Å². The van der Waals surface area contributed by atoms with Crippen molar-refractivity contribution < 1.29 is 0 Å². The van der Waals surface area contributed by atoms with Gasteiger partial charge in [0.2, 0.25) is 5.96 Å². The van der Waals surface area contributed by atoms with E-state index in [0.717, 1.165) is 64.3 Å². The van der Waals surface area contributed by atoms with Gasteiger partial charge in [0.1, 0.15) is 5.01 Å². The molecule has 5 nitrogen and oxygen atoms in total. The van der Waals surface area contributed by atoms with Gasteiger partial charge in [0.15, 0.2) is 0 Å². The van der Waals surface area contributed by atoms with E-state index in [2.05, 4.69) is 63.9 Å². The minimum Gasteiger partial charge on any atom is -0.353 e. The fraction of sp³-hybridized carbons (Fsp3) is 0.350. The lowest BCUT2D eigenvalue weighted by Crippen LogP contribution is -2.30. The average Bonchev–Trinajstić information content (AvgIpc) is 3.30. The Morgan fingerprint density at radius 2 is 2.15 bits per heavy atom. The Balaban J connectivity index is 1.75. The number of hydrogen-bond donors (Lipinski definition) is 2. The van der Waals surface area contributed by atoms with Gasteiger partial charge in [-0.25, -0.2) is 15.4 Å². The largest absolute Gasteiger partial charge is 0.353 e. The third-order valence-electron chi connectivity index (χ3n) is 3.87. The van der Waals surface area contributed by atoms with E-state index < -0.39 is 0 Å². The molecule has 26 heavy (non-hydrogen) atoms. The number of rotatable bonds is 4. The zero-order valence-corrected chi connectivity index (χ0v) is 16.2. The van der Waals surface area contributed by atoms with Gasteiger partial charge in [-0.1, -0.05) is 30.9 Å². The molecule has 134 valence electrons. The Kier molecular flexibility index (Phi) is 6.03. The van der Waals surface area contributed by atoms with Crippen molar-refractivity contribution in [3.05, 3.63) is 40.4 Å². The summed E-state index contributed by atoms with van der Waals surface area (Å²) in [5, 5.41) is 8.56. The molecule has 0 fully saturated rings. The summed E-state index contributed by atoms with van der Waals surface area (Å²) in [5.74, 6) is 7.09. The molecule has 0 saturated carbocycles. The fourth-order valence-electron chi connectivity index (χ4n) is 2.50. The lowest BCUT2D eigenvalue weighted by Gasteiger charge is -2.02. The molecule has 0 radical (unpaired) electrons. The van der Waals surface area contributed by atoms with Crippen molar-refractivity contribution in [3.8, 4) is 22.4 Å². The molecular formula is C20H23N5S. The molecule has 1 aliphatic heterocycles. The number of aromatic nitrogens is 1. The van der Waals surface area contributed by atoms with E-state index in [4.69, 9.17) is 4.98 Å². The van der Waals surface area contributed by atoms with Crippen molar-refractivity contribution >= 4 is 23.0 Å². The van der Waals surface area contributed by atoms with E-state index in [0.29, 0.717) is 0 Å². The van der Waals surface area contributed by atoms with Crippen LogP contribution in [0, 0.1) is 18.8 Å². The Morgan fingerprint density at radius 1 is 1.35 bits per heavy atom. The Hall–Kier alpha value is -2.65. The second kappa shape index (κ2) is 8.63. The standard InChI is InChI=1S/C20H23N5S/c1-4-5-6-7-16-8-10-17(11-9-16)19-23-14(2)18(26-19)15(3)24-25-20-21-12-13-22-20/h8-11H,4-5,12-13H2,1-3H3,(H2,21,22,25)/b24-15+. The van der Waals surface area contributed by atoms with Gasteiger partial charge in [0, 0.05) is 24.1 Å². The molecular weight excluding hydrogens is 342 g/mol. The van der Waals surface area contributed by atoms with Gasteiger partial charge in [-0.3, -0.25) is 0 Å². The highest BCUT2D eigenvalue weighted by Crippen LogP contribution is 2.28. The summed E-state index contributed by atoms with van der Waals surface area (Å²) >= 11 is 1.65. The van der Waals surface area contributed by atoms with Crippen LogP contribution < -0.4 is 10.7 Å². The highest BCUT2D eigenvalue weighted by Gasteiger charge is 2.12. The summed E-state index contributed by atoms with van der Waals surface area (Å²) in [7, 11) is 0. The average molecular weight is 366 g/mol. The third kappa shape index (κ3) is 4.50. The van der Waals surface area contributed by atoms with Crippen LogP contribution in [0.4, 0.5) is 0 Å². The van der Waals surface area contributed by atoms with Gasteiger partial charge >= 0.3 is 0 Å². The molecule has 2 N–H and O–H groups in total. The maximum atomic E-state index is 4.71. The van der Waals surface area contributed by atoms with E-state index in [-0.39, 0.29) is 0 Å². The molecule has 0 spiro atoms. The topological polar surface area (TPSA) is 61.7 Å². The molecule has 2 heterocycles. The van der Waals surface area contributed by atoms with Crippen molar-refractivity contribution in [1.29, 1.82) is 0 Å². The number of aliphatic imine (C=N–C) groups is 1. The zero-order chi connectivity index (χ0) is 18.4. The number of unbranched alkanes of at least 4 members (excludes halogenated alkanes) is 1. The molecule has 1 aromatic carbocycles. The highest BCUT2D eigenvalue weighted by atomic mass is 32.1. The van der Waals surface area contributed by atoms with Crippen LogP contribution in [0.3, 0.4) is 0 Å². The number of aryl methyl sites for hydroxylation is 1. The second-order valence-corrected chi connectivity index (χ2v) is 7.03. The Bertz CT molecular complexity index is 881. The van der Waals surface area contributed by atoms with Crippen LogP contribution in [0.5, 0.6) is 0 Å². The van der Waals surface area contributed by atoms with Crippen LogP contribution >= 0.6 is 11.3 Å². The summed E-state index contributed by atoms with van der Waals surface area (Å²) in [4.78, 5) is 10.1. The SMILES string of the molecule is CCCC#Cc1ccc(-c2nc(C)c(/C(C)=N/NC3=NCCN3)s2)cc1. The molecule has 0 atom stereocenters. The van der Waals surface area contributed by atoms with Gasteiger partial charge in [0.25, 0.3) is 0 Å². The van der Waals surface area contributed by atoms with Crippen molar-refractivity contribution in [3.63, 3.8) is 0 Å². The van der Waals surface area contributed by atoms with Crippen molar-refractivity contribution in [2.24, 2.45) is 10.1 Å². The first-order valence-electron chi connectivity index (χ1n) is 8.83. The highest BCUT2D eigenvalue weighted by molar-refractivity contribution is 7.17. The molecule has 1 aliphatic rings. The van der Waals surface area contributed by atoms with Crippen LogP contribution in [-0.2, 0) is 0 Å². The second-order valence-electron chi connectivity index (χ2n) is 6.03. The van der Waals surface area contributed by atoms with E-state index in [1.165, 1.54) is 0 Å². The molecule has 0 aliphatic carbocycles. The molecule has 0 saturated heterocycles. The lowest BCUT2D eigenvalue weighted by molar-refractivity contribution is 0.917. The first-order chi connectivity index (χ1) is 12.7. The smallest absolute Gasteiger partial charge is 0.212 e. The number of benzene rings is 1. The third-order valence-corrected chi connectivity index (χ3v) is 5.18. The molecule has 2 aromatic rings. The normalized spacial score (nSPS) is 13.7. The molecule has 0 amide bonds. The lowest BCUT2D eigenvalue weighted by atomic mass is 10.1. The minimum atomic E-state index is 0.728. The molecule has 3 rings (SSSR count). The number of hydrazone groups is 1. The maximum Gasteiger partial charge on any atom is 0.212 e. The summed E-state index contributed by atoms with van der Waals surface area (Å²) in [5.41, 5.74) is 7.02. The monoisotopic (exact) mass is 365 g/mol. The predicted octanol–water partition coefficient (Wildman–Crippen LogP) is 3.54. The fourth-order valence-corrected chi connectivity index (χ4v) is 3.52. The zero-order valence-electron chi connectivity index (χ0n) is 15.4. The van der Waals surface area contributed by atoms with Crippen LogP contribution in [0.15, 0.2) is 34.4 Å². The molecule has 0 bridgehead atoms. The predicted molar refractivity (Wildman–Crippen MR) is 110 cm³/mol. The van der Waals surface area contributed by atoms with Gasteiger partial charge < -0.3 is 5.32 Å². The molecule has 6 heteroatoms. The van der Waals surface area contributed by atoms with Gasteiger partial charge in [-0.05, 0) is 32.4 Å². The van der Waals surface area contributed by atoms with Crippen LogP contribution in [0.25, 0.3) is 10.6 Å². The van der Waals surface area contributed by atoms with Crippen molar-refractivity contribution in [2.75, 3.05) is 13.1 Å². The number of guanidine groups is 1. The quantitative estimate of drug-likeness (QED) is 0.495. The van der Waals surface area contributed by atoms with Crippen molar-refractivity contribution in [2.45, 2.75) is 33.6 Å².